The Balaban J connectivity index is 2.25. The molecule has 1 fully saturated rings. The van der Waals surface area contributed by atoms with E-state index in [1.54, 1.807) is 13.0 Å². The van der Waals surface area contributed by atoms with Crippen molar-refractivity contribution < 1.29 is 9.13 Å². The molecule has 0 heterocycles. The van der Waals surface area contributed by atoms with E-state index >= 15 is 0 Å². The molecule has 20 heavy (non-hydrogen) atoms. The quantitative estimate of drug-likeness (QED) is 0.880. The van der Waals surface area contributed by atoms with Crippen LogP contribution >= 0.6 is 0 Å². The summed E-state index contributed by atoms with van der Waals surface area (Å²) in [6, 6.07) is 3.11. The van der Waals surface area contributed by atoms with Gasteiger partial charge >= 0.3 is 0 Å². The minimum atomic E-state index is -0.219. The minimum Gasteiger partial charge on any atom is -0.490 e. The molecule has 2 unspecified atom stereocenters. The van der Waals surface area contributed by atoms with Gasteiger partial charge in [-0.05, 0) is 63.1 Å². The number of hydrogen-bond donors (Lipinski definition) is 1. The van der Waals surface area contributed by atoms with Crippen molar-refractivity contribution in [2.24, 2.45) is 11.7 Å². The average molecular weight is 279 g/mol. The van der Waals surface area contributed by atoms with Crippen LogP contribution in [0.1, 0.15) is 63.1 Å². The molecule has 112 valence electrons. The van der Waals surface area contributed by atoms with Crippen molar-refractivity contribution in [3.05, 3.63) is 29.1 Å². The number of rotatable bonds is 4. The summed E-state index contributed by atoms with van der Waals surface area (Å²) in [6.45, 7) is 5.86. The fraction of sp³-hybridized carbons (Fsp3) is 0.647. The van der Waals surface area contributed by atoms with Gasteiger partial charge in [0.2, 0.25) is 0 Å². The molecule has 0 bridgehead atoms. The molecule has 1 aromatic rings. The first-order valence-electron chi connectivity index (χ1n) is 7.75. The summed E-state index contributed by atoms with van der Waals surface area (Å²) in [5, 5.41) is 0. The van der Waals surface area contributed by atoms with E-state index < -0.39 is 0 Å². The molecule has 0 aliphatic heterocycles. The van der Waals surface area contributed by atoms with Crippen molar-refractivity contribution in [2.75, 3.05) is 0 Å². The standard InChI is InChI=1S/C17H26FNO/c1-4-13-7-5-6-8-16(13)20-17-9-11(2)15(18)10-14(17)12(3)19/h9-10,12-13,16H,4-8,19H2,1-3H3/t12-,13?,16?/m0/s1. The first-order chi connectivity index (χ1) is 9.52. The molecular weight excluding hydrogens is 253 g/mol. The van der Waals surface area contributed by atoms with Crippen LogP contribution in [0, 0.1) is 18.7 Å². The van der Waals surface area contributed by atoms with E-state index in [2.05, 4.69) is 6.92 Å². The third-order valence-corrected chi connectivity index (χ3v) is 4.42. The van der Waals surface area contributed by atoms with Crippen LogP contribution in [0.3, 0.4) is 0 Å². The first kappa shape index (κ1) is 15.3. The molecule has 0 spiro atoms. The molecule has 0 aromatic heterocycles. The largest absolute Gasteiger partial charge is 0.490 e. The fourth-order valence-electron chi connectivity index (χ4n) is 3.09. The zero-order valence-corrected chi connectivity index (χ0v) is 12.8. The number of halogens is 1. The number of aryl methyl sites for hydroxylation is 1. The Morgan fingerprint density at radius 2 is 2.05 bits per heavy atom. The zero-order valence-electron chi connectivity index (χ0n) is 12.8. The van der Waals surface area contributed by atoms with E-state index in [1.165, 1.54) is 25.3 Å². The molecule has 2 N–H and O–H groups in total. The number of nitrogens with two attached hydrogens (primary N) is 1. The van der Waals surface area contributed by atoms with Crippen molar-refractivity contribution in [2.45, 2.75) is 65.0 Å². The Morgan fingerprint density at radius 1 is 1.35 bits per heavy atom. The van der Waals surface area contributed by atoms with Gasteiger partial charge in [0.05, 0.1) is 0 Å². The molecule has 1 aliphatic rings. The molecule has 1 aromatic carbocycles. The molecule has 3 atom stereocenters. The summed E-state index contributed by atoms with van der Waals surface area (Å²) < 4.78 is 20.0. The maximum atomic E-state index is 13.7. The van der Waals surface area contributed by atoms with Crippen molar-refractivity contribution >= 4 is 0 Å². The van der Waals surface area contributed by atoms with Crippen LogP contribution in [-0.2, 0) is 0 Å². The van der Waals surface area contributed by atoms with Gasteiger partial charge in [-0.2, -0.15) is 0 Å². The van der Waals surface area contributed by atoms with Gasteiger partial charge in [-0.25, -0.2) is 4.39 Å². The van der Waals surface area contributed by atoms with Gasteiger partial charge in [-0.1, -0.05) is 13.3 Å². The van der Waals surface area contributed by atoms with Crippen LogP contribution in [0.4, 0.5) is 4.39 Å². The molecule has 0 amide bonds. The van der Waals surface area contributed by atoms with E-state index in [0.29, 0.717) is 11.5 Å². The topological polar surface area (TPSA) is 35.2 Å². The SMILES string of the molecule is CCC1CCCCC1Oc1cc(C)c(F)cc1[C@H](C)N. The summed E-state index contributed by atoms with van der Waals surface area (Å²) in [5.74, 6) is 1.17. The van der Waals surface area contributed by atoms with Crippen molar-refractivity contribution in [3.63, 3.8) is 0 Å². The highest BCUT2D eigenvalue weighted by molar-refractivity contribution is 5.40. The lowest BCUT2D eigenvalue weighted by Crippen LogP contribution is -2.30. The number of benzene rings is 1. The second-order valence-electron chi connectivity index (χ2n) is 6.04. The summed E-state index contributed by atoms with van der Waals surface area (Å²) in [7, 11) is 0. The fourth-order valence-corrected chi connectivity index (χ4v) is 3.09. The van der Waals surface area contributed by atoms with Crippen LogP contribution in [0.5, 0.6) is 5.75 Å². The second-order valence-corrected chi connectivity index (χ2v) is 6.04. The maximum absolute atomic E-state index is 13.7. The smallest absolute Gasteiger partial charge is 0.126 e. The Morgan fingerprint density at radius 3 is 2.70 bits per heavy atom. The molecule has 2 nitrogen and oxygen atoms in total. The lowest BCUT2D eigenvalue weighted by molar-refractivity contribution is 0.0889. The molecule has 3 heteroatoms. The third-order valence-electron chi connectivity index (χ3n) is 4.42. The summed E-state index contributed by atoms with van der Waals surface area (Å²) in [6.07, 6.45) is 6.22. The van der Waals surface area contributed by atoms with Crippen LogP contribution < -0.4 is 10.5 Å². The zero-order chi connectivity index (χ0) is 14.7. The van der Waals surface area contributed by atoms with Crippen molar-refractivity contribution in [3.8, 4) is 5.75 Å². The van der Waals surface area contributed by atoms with Gasteiger partial charge in [0.25, 0.3) is 0 Å². The number of hydrogen-bond acceptors (Lipinski definition) is 2. The first-order valence-corrected chi connectivity index (χ1v) is 7.75. The van der Waals surface area contributed by atoms with Gasteiger partial charge in [-0.3, -0.25) is 0 Å². The average Bonchev–Trinajstić information content (AvgIpc) is 2.43. The summed E-state index contributed by atoms with van der Waals surface area (Å²) >= 11 is 0. The molecule has 1 saturated carbocycles. The monoisotopic (exact) mass is 279 g/mol. The summed E-state index contributed by atoms with van der Waals surface area (Å²) in [5.41, 5.74) is 7.35. The maximum Gasteiger partial charge on any atom is 0.126 e. The van der Waals surface area contributed by atoms with Crippen LogP contribution in [0.15, 0.2) is 12.1 Å². The van der Waals surface area contributed by atoms with Crippen LogP contribution in [-0.4, -0.2) is 6.10 Å². The van der Waals surface area contributed by atoms with E-state index in [9.17, 15) is 4.39 Å². The Bertz CT molecular complexity index is 459. The minimum absolute atomic E-state index is 0.208. The van der Waals surface area contributed by atoms with Crippen LogP contribution in [0.25, 0.3) is 0 Å². The van der Waals surface area contributed by atoms with Crippen LogP contribution in [0.2, 0.25) is 0 Å². The van der Waals surface area contributed by atoms with Gasteiger partial charge < -0.3 is 10.5 Å². The molecule has 0 radical (unpaired) electrons. The lowest BCUT2D eigenvalue weighted by atomic mass is 9.84. The Labute approximate surface area is 121 Å². The van der Waals surface area contributed by atoms with Crippen molar-refractivity contribution in [1.82, 2.24) is 0 Å². The van der Waals surface area contributed by atoms with E-state index in [-0.39, 0.29) is 18.0 Å². The lowest BCUT2D eigenvalue weighted by Gasteiger charge is -2.32. The highest BCUT2D eigenvalue weighted by atomic mass is 19.1. The van der Waals surface area contributed by atoms with E-state index in [4.69, 9.17) is 10.5 Å². The Kier molecular flexibility index (Phi) is 5.03. The molecule has 0 saturated heterocycles. The summed E-state index contributed by atoms with van der Waals surface area (Å²) in [4.78, 5) is 0. The van der Waals surface area contributed by atoms with Gasteiger partial charge in [0, 0.05) is 11.6 Å². The Hall–Kier alpha value is -1.09. The molecule has 2 rings (SSSR count). The molecule has 1 aliphatic carbocycles. The highest BCUT2D eigenvalue weighted by Crippen LogP contribution is 2.34. The third kappa shape index (κ3) is 3.32. The predicted octanol–water partition coefficient (Wildman–Crippen LogP) is 4.50. The normalized spacial score (nSPS) is 24.4. The van der Waals surface area contributed by atoms with Gasteiger partial charge in [0.15, 0.2) is 0 Å². The van der Waals surface area contributed by atoms with E-state index in [0.717, 1.165) is 24.2 Å². The van der Waals surface area contributed by atoms with Gasteiger partial charge in [0.1, 0.15) is 17.7 Å². The highest BCUT2D eigenvalue weighted by Gasteiger charge is 2.26. The number of ether oxygens (including phenoxy) is 1. The molecular formula is C17H26FNO. The van der Waals surface area contributed by atoms with Gasteiger partial charge in [-0.15, -0.1) is 0 Å². The predicted molar refractivity (Wildman–Crippen MR) is 80.4 cm³/mol. The second kappa shape index (κ2) is 6.57. The van der Waals surface area contributed by atoms with E-state index in [1.807, 2.05) is 6.92 Å². The van der Waals surface area contributed by atoms with Crippen molar-refractivity contribution in [1.29, 1.82) is 0 Å².